The van der Waals surface area contributed by atoms with Crippen molar-refractivity contribution in [3.8, 4) is 0 Å². The lowest BCUT2D eigenvalue weighted by molar-refractivity contribution is 0.0692. The maximum absolute atomic E-state index is 13.3. The number of aromatic nitrogens is 1. The average Bonchev–Trinajstić information content (AvgIpc) is 2.97. The van der Waals surface area contributed by atoms with E-state index in [2.05, 4.69) is 15.0 Å². The Kier molecular flexibility index (Phi) is 5.23. The quantitative estimate of drug-likeness (QED) is 0.906. The van der Waals surface area contributed by atoms with Gasteiger partial charge in [-0.25, -0.2) is 8.78 Å². The van der Waals surface area contributed by atoms with Gasteiger partial charge in [-0.3, -0.25) is 9.80 Å². The highest BCUT2D eigenvalue weighted by molar-refractivity contribution is 5.20. The van der Waals surface area contributed by atoms with E-state index < -0.39 is 17.7 Å². The largest absolute Gasteiger partial charge is 0.387 e. The molecule has 1 aliphatic rings. The number of benzene rings is 1. The van der Waals surface area contributed by atoms with E-state index in [0.717, 1.165) is 56.3 Å². The molecule has 3 rings (SSSR count). The molecule has 0 radical (unpaired) electrons. The van der Waals surface area contributed by atoms with Crippen LogP contribution in [0, 0.1) is 18.6 Å². The van der Waals surface area contributed by atoms with Gasteiger partial charge in [-0.15, -0.1) is 0 Å². The van der Waals surface area contributed by atoms with Gasteiger partial charge in [0.15, 0.2) is 11.6 Å². The Morgan fingerprint density at radius 1 is 1.12 bits per heavy atom. The van der Waals surface area contributed by atoms with E-state index in [9.17, 15) is 13.9 Å². The minimum absolute atomic E-state index is 0.398. The molecule has 0 bridgehead atoms. The molecule has 1 saturated heterocycles. The topological polar surface area (TPSA) is 52.7 Å². The minimum Gasteiger partial charge on any atom is -0.387 e. The van der Waals surface area contributed by atoms with Crippen molar-refractivity contribution < 1.29 is 18.4 Å². The molecule has 1 aromatic heterocycles. The summed E-state index contributed by atoms with van der Waals surface area (Å²) in [5, 5.41) is 14.2. The summed E-state index contributed by atoms with van der Waals surface area (Å²) in [4.78, 5) is 4.40. The molecular formula is C17H21F2N3O2. The SMILES string of the molecule is Cc1cc(CN2CCN(CC(O)c3ccc(F)c(F)c3)CC2)no1. The van der Waals surface area contributed by atoms with Gasteiger partial charge in [-0.1, -0.05) is 11.2 Å². The van der Waals surface area contributed by atoms with Crippen molar-refractivity contribution in [2.45, 2.75) is 19.6 Å². The molecule has 1 N–H and O–H groups in total. The maximum atomic E-state index is 13.3. The molecule has 1 aliphatic heterocycles. The van der Waals surface area contributed by atoms with Crippen LogP contribution in [-0.2, 0) is 6.54 Å². The van der Waals surface area contributed by atoms with Crippen LogP contribution in [0.4, 0.5) is 8.78 Å². The summed E-state index contributed by atoms with van der Waals surface area (Å²) in [5.74, 6) is -1.03. The van der Waals surface area contributed by atoms with Crippen molar-refractivity contribution in [3.05, 3.63) is 52.9 Å². The van der Waals surface area contributed by atoms with Crippen LogP contribution in [0.1, 0.15) is 23.1 Å². The summed E-state index contributed by atoms with van der Waals surface area (Å²) in [6.07, 6.45) is -0.829. The van der Waals surface area contributed by atoms with Gasteiger partial charge in [0.05, 0.1) is 11.8 Å². The number of nitrogens with zero attached hydrogens (tertiary/aromatic N) is 3. The molecule has 1 unspecified atom stereocenters. The molecule has 2 aromatic rings. The molecule has 1 atom stereocenters. The Morgan fingerprint density at radius 3 is 2.46 bits per heavy atom. The van der Waals surface area contributed by atoms with Crippen LogP contribution >= 0.6 is 0 Å². The van der Waals surface area contributed by atoms with E-state index in [1.165, 1.54) is 6.07 Å². The third kappa shape index (κ3) is 4.17. The summed E-state index contributed by atoms with van der Waals surface area (Å²) < 4.78 is 31.3. The zero-order valence-corrected chi connectivity index (χ0v) is 13.6. The number of hydrogen-bond donors (Lipinski definition) is 1. The van der Waals surface area contributed by atoms with Crippen LogP contribution in [0.3, 0.4) is 0 Å². The molecule has 7 heteroatoms. The summed E-state index contributed by atoms with van der Waals surface area (Å²) in [7, 11) is 0. The first-order valence-electron chi connectivity index (χ1n) is 8.01. The Bertz CT molecular complexity index is 684. The molecule has 5 nitrogen and oxygen atoms in total. The van der Waals surface area contributed by atoms with E-state index in [-0.39, 0.29) is 0 Å². The Balaban J connectivity index is 1.48. The number of piperazine rings is 1. The fourth-order valence-corrected chi connectivity index (χ4v) is 2.92. The van der Waals surface area contributed by atoms with Gasteiger partial charge in [0, 0.05) is 45.3 Å². The normalized spacial score (nSPS) is 18.0. The fraction of sp³-hybridized carbons (Fsp3) is 0.471. The first-order chi connectivity index (χ1) is 11.5. The third-order valence-electron chi connectivity index (χ3n) is 4.29. The lowest BCUT2D eigenvalue weighted by atomic mass is 10.1. The number of aryl methyl sites for hydroxylation is 1. The van der Waals surface area contributed by atoms with Crippen molar-refractivity contribution in [2.75, 3.05) is 32.7 Å². The first-order valence-corrected chi connectivity index (χ1v) is 8.01. The highest BCUT2D eigenvalue weighted by Crippen LogP contribution is 2.18. The Hall–Kier alpha value is -1.83. The standard InChI is InChI=1S/C17H21F2N3O2/c1-12-8-14(20-24-12)10-21-4-6-22(7-5-21)11-17(23)13-2-3-15(18)16(19)9-13/h2-3,8-9,17,23H,4-7,10-11H2,1H3. The molecular weight excluding hydrogens is 316 g/mol. The number of β-amino-alcohol motifs (C(OH)–C–C–N with tert-alkyl or cyclic N) is 1. The highest BCUT2D eigenvalue weighted by atomic mass is 19.2. The fourth-order valence-electron chi connectivity index (χ4n) is 2.92. The zero-order chi connectivity index (χ0) is 17.1. The predicted octanol–water partition coefficient (Wildman–Crippen LogP) is 2.11. The molecule has 24 heavy (non-hydrogen) atoms. The van der Waals surface area contributed by atoms with Gasteiger partial charge in [-0.05, 0) is 24.6 Å². The molecule has 0 spiro atoms. The summed E-state index contributed by atoms with van der Waals surface area (Å²) in [5.41, 5.74) is 1.32. The number of hydrogen-bond acceptors (Lipinski definition) is 5. The lowest BCUT2D eigenvalue weighted by Gasteiger charge is -2.35. The van der Waals surface area contributed by atoms with E-state index in [1.54, 1.807) is 0 Å². The summed E-state index contributed by atoms with van der Waals surface area (Å²) in [6.45, 7) is 6.34. The van der Waals surface area contributed by atoms with Crippen LogP contribution in [0.15, 0.2) is 28.8 Å². The van der Waals surface area contributed by atoms with Gasteiger partial charge in [0.25, 0.3) is 0 Å². The van der Waals surface area contributed by atoms with Crippen molar-refractivity contribution in [3.63, 3.8) is 0 Å². The monoisotopic (exact) mass is 337 g/mol. The minimum atomic E-state index is -0.931. The highest BCUT2D eigenvalue weighted by Gasteiger charge is 2.21. The first kappa shape index (κ1) is 17.0. The molecule has 1 aromatic carbocycles. The van der Waals surface area contributed by atoms with Crippen molar-refractivity contribution in [2.24, 2.45) is 0 Å². The smallest absolute Gasteiger partial charge is 0.159 e. The van der Waals surface area contributed by atoms with Crippen LogP contribution < -0.4 is 0 Å². The lowest BCUT2D eigenvalue weighted by Crippen LogP contribution is -2.47. The molecule has 130 valence electrons. The zero-order valence-electron chi connectivity index (χ0n) is 13.6. The number of rotatable bonds is 5. The average molecular weight is 337 g/mol. The molecule has 0 amide bonds. The van der Waals surface area contributed by atoms with Crippen molar-refractivity contribution >= 4 is 0 Å². The van der Waals surface area contributed by atoms with E-state index in [1.807, 2.05) is 13.0 Å². The third-order valence-corrected chi connectivity index (χ3v) is 4.29. The second kappa shape index (κ2) is 7.38. The molecule has 1 fully saturated rings. The Morgan fingerprint density at radius 2 is 1.83 bits per heavy atom. The van der Waals surface area contributed by atoms with Gasteiger partial charge in [0.2, 0.25) is 0 Å². The van der Waals surface area contributed by atoms with Crippen LogP contribution in [0.5, 0.6) is 0 Å². The van der Waals surface area contributed by atoms with Crippen molar-refractivity contribution in [1.29, 1.82) is 0 Å². The molecule has 0 aliphatic carbocycles. The number of aliphatic hydroxyl groups excluding tert-OH is 1. The van der Waals surface area contributed by atoms with Crippen molar-refractivity contribution in [1.82, 2.24) is 15.0 Å². The number of aliphatic hydroxyl groups is 1. The molecule has 2 heterocycles. The van der Waals surface area contributed by atoms with Crippen LogP contribution in [0.2, 0.25) is 0 Å². The van der Waals surface area contributed by atoms with Crippen LogP contribution in [-0.4, -0.2) is 52.8 Å². The van der Waals surface area contributed by atoms with Gasteiger partial charge >= 0.3 is 0 Å². The van der Waals surface area contributed by atoms with Gasteiger partial charge in [0.1, 0.15) is 5.76 Å². The summed E-state index contributed by atoms with van der Waals surface area (Å²) in [6, 6.07) is 5.46. The maximum Gasteiger partial charge on any atom is 0.159 e. The summed E-state index contributed by atoms with van der Waals surface area (Å²) >= 11 is 0. The van der Waals surface area contributed by atoms with Crippen LogP contribution in [0.25, 0.3) is 0 Å². The molecule has 0 saturated carbocycles. The number of halogens is 2. The second-order valence-corrected chi connectivity index (χ2v) is 6.19. The van der Waals surface area contributed by atoms with Gasteiger partial charge in [-0.2, -0.15) is 0 Å². The van der Waals surface area contributed by atoms with E-state index >= 15 is 0 Å². The van der Waals surface area contributed by atoms with E-state index in [0.29, 0.717) is 12.1 Å². The predicted molar refractivity (Wildman–Crippen MR) is 84.3 cm³/mol. The second-order valence-electron chi connectivity index (χ2n) is 6.19. The van der Waals surface area contributed by atoms with Gasteiger partial charge < -0.3 is 9.63 Å². The van der Waals surface area contributed by atoms with E-state index in [4.69, 9.17) is 4.52 Å². The Labute approximate surface area is 139 Å².